The molecule has 0 bridgehead atoms. The van der Waals surface area contributed by atoms with Crippen molar-refractivity contribution >= 4 is 5.91 Å². The topological polar surface area (TPSA) is 32.3 Å². The Morgan fingerprint density at radius 2 is 1.90 bits per heavy atom. The van der Waals surface area contributed by atoms with Crippen molar-refractivity contribution in [2.75, 3.05) is 19.6 Å². The van der Waals surface area contributed by atoms with Crippen LogP contribution in [0.3, 0.4) is 0 Å². The summed E-state index contributed by atoms with van der Waals surface area (Å²) in [6.45, 7) is 4.37. The van der Waals surface area contributed by atoms with Gasteiger partial charge in [-0.3, -0.25) is 4.79 Å². The molecule has 3 fully saturated rings. The SMILES string of the molecule is CC1C2CNCC2CN1C(=O)C1CCCCC1C(F)(F)F. The van der Waals surface area contributed by atoms with Gasteiger partial charge in [0.1, 0.15) is 0 Å². The fourth-order valence-electron chi connectivity index (χ4n) is 4.49. The molecule has 0 aromatic rings. The summed E-state index contributed by atoms with van der Waals surface area (Å²) in [5, 5.41) is 3.31. The summed E-state index contributed by atoms with van der Waals surface area (Å²) in [5.74, 6) is -1.73. The highest BCUT2D eigenvalue weighted by Crippen LogP contribution is 2.43. The molecular formula is C15H23F3N2O. The quantitative estimate of drug-likeness (QED) is 0.807. The third kappa shape index (κ3) is 2.67. The first kappa shape index (κ1) is 15.1. The summed E-state index contributed by atoms with van der Waals surface area (Å²) < 4.78 is 39.6. The van der Waals surface area contributed by atoms with Crippen LogP contribution in [0.15, 0.2) is 0 Å². The van der Waals surface area contributed by atoms with Crippen LogP contribution in [0.5, 0.6) is 0 Å². The Labute approximate surface area is 123 Å². The third-order valence-corrected chi connectivity index (χ3v) is 5.72. The average molecular weight is 304 g/mol. The maximum absolute atomic E-state index is 13.2. The average Bonchev–Trinajstić information content (AvgIpc) is 3.01. The summed E-state index contributed by atoms with van der Waals surface area (Å²) in [4.78, 5) is 14.4. The fourth-order valence-corrected chi connectivity index (χ4v) is 4.49. The van der Waals surface area contributed by atoms with Crippen molar-refractivity contribution in [3.8, 4) is 0 Å². The van der Waals surface area contributed by atoms with Gasteiger partial charge in [-0.2, -0.15) is 13.2 Å². The summed E-state index contributed by atoms with van der Waals surface area (Å²) in [5.41, 5.74) is 0. The lowest BCUT2D eigenvalue weighted by Crippen LogP contribution is -2.47. The van der Waals surface area contributed by atoms with Crippen LogP contribution in [0.25, 0.3) is 0 Å². The molecule has 2 heterocycles. The van der Waals surface area contributed by atoms with Gasteiger partial charge in [0.05, 0.1) is 5.92 Å². The van der Waals surface area contributed by atoms with E-state index in [2.05, 4.69) is 5.32 Å². The number of rotatable bonds is 1. The second-order valence-corrected chi connectivity index (χ2v) is 6.85. The first-order chi connectivity index (χ1) is 9.89. The van der Waals surface area contributed by atoms with Gasteiger partial charge in [0.2, 0.25) is 5.91 Å². The van der Waals surface area contributed by atoms with Gasteiger partial charge >= 0.3 is 6.18 Å². The first-order valence-corrected chi connectivity index (χ1v) is 7.97. The predicted molar refractivity (Wildman–Crippen MR) is 72.5 cm³/mol. The van der Waals surface area contributed by atoms with Gasteiger partial charge in [0, 0.05) is 31.6 Å². The second-order valence-electron chi connectivity index (χ2n) is 6.85. The van der Waals surface area contributed by atoms with Crippen LogP contribution >= 0.6 is 0 Å². The van der Waals surface area contributed by atoms with Crippen LogP contribution in [-0.2, 0) is 4.79 Å². The molecule has 5 unspecified atom stereocenters. The van der Waals surface area contributed by atoms with E-state index in [1.54, 1.807) is 4.90 Å². The van der Waals surface area contributed by atoms with E-state index >= 15 is 0 Å². The number of carbonyl (C=O) groups is 1. The number of fused-ring (bicyclic) bond motifs is 1. The van der Waals surface area contributed by atoms with E-state index in [0.717, 1.165) is 19.5 Å². The number of likely N-dealkylation sites (tertiary alicyclic amines) is 1. The molecule has 0 aromatic carbocycles. The second kappa shape index (κ2) is 5.45. The van der Waals surface area contributed by atoms with Crippen molar-refractivity contribution < 1.29 is 18.0 Å². The molecular weight excluding hydrogens is 281 g/mol. The minimum atomic E-state index is -4.25. The van der Waals surface area contributed by atoms with E-state index in [0.29, 0.717) is 31.2 Å². The smallest absolute Gasteiger partial charge is 0.339 e. The van der Waals surface area contributed by atoms with Gasteiger partial charge in [0.25, 0.3) is 0 Å². The molecule has 0 spiro atoms. The van der Waals surface area contributed by atoms with Gasteiger partial charge in [0.15, 0.2) is 0 Å². The monoisotopic (exact) mass is 304 g/mol. The van der Waals surface area contributed by atoms with Crippen molar-refractivity contribution in [1.82, 2.24) is 10.2 Å². The van der Waals surface area contributed by atoms with Gasteiger partial charge in [-0.15, -0.1) is 0 Å². The number of hydrogen-bond acceptors (Lipinski definition) is 2. The summed E-state index contributed by atoms with van der Waals surface area (Å²) >= 11 is 0. The van der Waals surface area contributed by atoms with Crippen LogP contribution in [0.4, 0.5) is 13.2 Å². The number of nitrogens with zero attached hydrogens (tertiary/aromatic N) is 1. The van der Waals surface area contributed by atoms with Crippen LogP contribution < -0.4 is 5.32 Å². The maximum Gasteiger partial charge on any atom is 0.392 e. The molecule has 1 amide bonds. The molecule has 2 aliphatic heterocycles. The first-order valence-electron chi connectivity index (χ1n) is 7.97. The lowest BCUT2D eigenvalue weighted by atomic mass is 9.78. The van der Waals surface area contributed by atoms with Crippen LogP contribution in [0.1, 0.15) is 32.6 Å². The Hall–Kier alpha value is -0.780. The minimum absolute atomic E-state index is 0.0633. The van der Waals surface area contributed by atoms with E-state index in [-0.39, 0.29) is 18.4 Å². The molecule has 120 valence electrons. The van der Waals surface area contributed by atoms with Gasteiger partial charge in [-0.25, -0.2) is 0 Å². The highest BCUT2D eigenvalue weighted by molar-refractivity contribution is 5.80. The number of alkyl halides is 3. The summed E-state index contributed by atoms with van der Waals surface area (Å²) in [6, 6.07) is 0.0633. The van der Waals surface area contributed by atoms with Gasteiger partial charge < -0.3 is 10.2 Å². The lowest BCUT2D eigenvalue weighted by molar-refractivity contribution is -0.201. The summed E-state index contributed by atoms with van der Waals surface area (Å²) in [6.07, 6.45) is -2.43. The van der Waals surface area contributed by atoms with Crippen molar-refractivity contribution in [1.29, 1.82) is 0 Å². The van der Waals surface area contributed by atoms with Crippen LogP contribution in [-0.4, -0.2) is 42.7 Å². The Kier molecular flexibility index (Phi) is 3.93. The van der Waals surface area contributed by atoms with E-state index < -0.39 is 18.0 Å². The van der Waals surface area contributed by atoms with E-state index in [1.165, 1.54) is 0 Å². The highest BCUT2D eigenvalue weighted by atomic mass is 19.4. The molecule has 1 aliphatic carbocycles. The molecule has 3 rings (SSSR count). The molecule has 3 aliphatic rings. The zero-order chi connectivity index (χ0) is 15.2. The fraction of sp³-hybridized carbons (Fsp3) is 0.933. The number of halogens is 3. The van der Waals surface area contributed by atoms with E-state index in [9.17, 15) is 18.0 Å². The number of carbonyl (C=O) groups excluding carboxylic acids is 1. The van der Waals surface area contributed by atoms with Crippen LogP contribution in [0, 0.1) is 23.7 Å². The standard InChI is InChI=1S/C15H23F3N2O/c1-9-12-7-19-6-10(12)8-20(9)14(21)11-4-2-3-5-13(11)15(16,17)18/h9-13,19H,2-8H2,1H3. The minimum Gasteiger partial charge on any atom is -0.339 e. The Balaban J connectivity index is 1.74. The molecule has 0 radical (unpaired) electrons. The van der Waals surface area contributed by atoms with Crippen molar-refractivity contribution in [2.45, 2.75) is 44.8 Å². The van der Waals surface area contributed by atoms with Crippen molar-refractivity contribution in [3.63, 3.8) is 0 Å². The largest absolute Gasteiger partial charge is 0.392 e. The number of nitrogens with one attached hydrogen (secondary N) is 1. The molecule has 3 nitrogen and oxygen atoms in total. The zero-order valence-electron chi connectivity index (χ0n) is 12.3. The van der Waals surface area contributed by atoms with Crippen molar-refractivity contribution in [3.05, 3.63) is 0 Å². The molecule has 1 saturated carbocycles. The van der Waals surface area contributed by atoms with Gasteiger partial charge in [-0.05, 0) is 31.6 Å². The Morgan fingerprint density at radius 1 is 1.19 bits per heavy atom. The molecule has 6 heteroatoms. The maximum atomic E-state index is 13.2. The Bertz CT molecular complexity index is 412. The number of hydrogen-bond donors (Lipinski definition) is 1. The van der Waals surface area contributed by atoms with Crippen molar-refractivity contribution in [2.24, 2.45) is 23.7 Å². The third-order valence-electron chi connectivity index (χ3n) is 5.72. The normalized spacial score (nSPS) is 40.4. The van der Waals surface area contributed by atoms with E-state index in [4.69, 9.17) is 0 Å². The van der Waals surface area contributed by atoms with Crippen LogP contribution in [0.2, 0.25) is 0 Å². The Morgan fingerprint density at radius 3 is 2.57 bits per heavy atom. The number of amides is 1. The molecule has 21 heavy (non-hydrogen) atoms. The molecule has 0 aromatic heterocycles. The lowest BCUT2D eigenvalue weighted by Gasteiger charge is -2.36. The van der Waals surface area contributed by atoms with Gasteiger partial charge in [-0.1, -0.05) is 12.8 Å². The van der Waals surface area contributed by atoms with E-state index in [1.807, 2.05) is 6.92 Å². The highest BCUT2D eigenvalue weighted by Gasteiger charge is 2.51. The predicted octanol–water partition coefficient (Wildman–Crippen LogP) is 2.42. The molecule has 5 atom stereocenters. The molecule has 1 N–H and O–H groups in total. The molecule has 2 saturated heterocycles. The summed E-state index contributed by atoms with van der Waals surface area (Å²) in [7, 11) is 0. The zero-order valence-corrected chi connectivity index (χ0v) is 12.3.